The molecule has 2 heterocycles. The van der Waals surface area contributed by atoms with E-state index in [1.807, 2.05) is 12.1 Å². The van der Waals surface area contributed by atoms with Crippen LogP contribution in [0.3, 0.4) is 0 Å². The monoisotopic (exact) mass is 310 g/mol. The molecule has 2 aliphatic heterocycles. The molecule has 0 aromatic heterocycles. The van der Waals surface area contributed by atoms with E-state index >= 15 is 0 Å². The molecule has 2 unspecified atom stereocenters. The normalized spacial score (nSPS) is 28.5. The predicted octanol–water partition coefficient (Wildman–Crippen LogP) is 3.39. The second-order valence-corrected chi connectivity index (χ2v) is 6.46. The number of nitrogens with zero attached hydrogens (tertiary/aromatic N) is 1. The van der Waals surface area contributed by atoms with Gasteiger partial charge in [-0.15, -0.1) is 0 Å². The molecule has 2 saturated heterocycles. The molecule has 4 nitrogen and oxygen atoms in total. The van der Waals surface area contributed by atoms with Crippen molar-refractivity contribution >= 4 is 17.3 Å². The molecule has 0 saturated carbocycles. The number of nitrogens with one attached hydrogen (secondary N) is 1. The number of hydrogen-bond donors (Lipinski definition) is 1. The highest BCUT2D eigenvalue weighted by atomic mass is 35.5. The SMILES string of the molecule is COc1cc(Cl)c(NC2CC3CCC(C2)N3C)cc1OC. The molecule has 0 aliphatic carbocycles. The second-order valence-electron chi connectivity index (χ2n) is 6.05. The summed E-state index contributed by atoms with van der Waals surface area (Å²) in [7, 11) is 5.52. The van der Waals surface area contributed by atoms with Crippen LogP contribution in [0.1, 0.15) is 25.7 Å². The zero-order valence-corrected chi connectivity index (χ0v) is 13.6. The third kappa shape index (κ3) is 2.79. The zero-order valence-electron chi connectivity index (χ0n) is 12.9. The molecule has 3 rings (SSSR count). The third-order valence-corrected chi connectivity index (χ3v) is 5.24. The molecule has 116 valence electrons. The van der Waals surface area contributed by atoms with Crippen LogP contribution in [-0.4, -0.2) is 44.3 Å². The number of piperidine rings is 1. The van der Waals surface area contributed by atoms with Crippen molar-refractivity contribution in [3.8, 4) is 11.5 Å². The molecule has 1 aromatic rings. The summed E-state index contributed by atoms with van der Waals surface area (Å²) < 4.78 is 10.6. The van der Waals surface area contributed by atoms with Gasteiger partial charge in [-0.25, -0.2) is 0 Å². The Labute approximate surface area is 131 Å². The lowest BCUT2D eigenvalue weighted by Crippen LogP contribution is -2.44. The minimum atomic E-state index is 0.481. The summed E-state index contributed by atoms with van der Waals surface area (Å²) in [5.41, 5.74) is 0.934. The van der Waals surface area contributed by atoms with Crippen molar-refractivity contribution in [3.05, 3.63) is 17.2 Å². The van der Waals surface area contributed by atoms with Crippen molar-refractivity contribution in [2.24, 2.45) is 0 Å². The van der Waals surface area contributed by atoms with Crippen LogP contribution in [-0.2, 0) is 0 Å². The van der Waals surface area contributed by atoms with Gasteiger partial charge in [-0.05, 0) is 32.7 Å². The van der Waals surface area contributed by atoms with Gasteiger partial charge < -0.3 is 19.7 Å². The number of benzene rings is 1. The van der Waals surface area contributed by atoms with E-state index in [2.05, 4.69) is 17.3 Å². The summed E-state index contributed by atoms with van der Waals surface area (Å²) in [6.07, 6.45) is 4.99. The van der Waals surface area contributed by atoms with Gasteiger partial charge in [0.05, 0.1) is 24.9 Å². The van der Waals surface area contributed by atoms with E-state index in [4.69, 9.17) is 21.1 Å². The van der Waals surface area contributed by atoms with Gasteiger partial charge >= 0.3 is 0 Å². The van der Waals surface area contributed by atoms with Crippen molar-refractivity contribution in [1.82, 2.24) is 4.90 Å². The van der Waals surface area contributed by atoms with Crippen LogP contribution in [0, 0.1) is 0 Å². The number of anilines is 1. The fourth-order valence-corrected chi connectivity index (χ4v) is 3.92. The van der Waals surface area contributed by atoms with E-state index in [-0.39, 0.29) is 0 Å². The molecule has 2 atom stereocenters. The maximum absolute atomic E-state index is 6.36. The Morgan fingerprint density at radius 1 is 1.10 bits per heavy atom. The van der Waals surface area contributed by atoms with Gasteiger partial charge in [-0.3, -0.25) is 0 Å². The molecule has 5 heteroatoms. The molecule has 21 heavy (non-hydrogen) atoms. The van der Waals surface area contributed by atoms with Crippen LogP contribution in [0.15, 0.2) is 12.1 Å². The highest BCUT2D eigenvalue weighted by Crippen LogP contribution is 2.39. The van der Waals surface area contributed by atoms with Crippen molar-refractivity contribution in [3.63, 3.8) is 0 Å². The standard InChI is InChI=1S/C16H23ClN2O2/c1-19-11-4-5-12(19)7-10(6-11)18-14-9-16(21-3)15(20-2)8-13(14)17/h8-12,18H,4-7H2,1-3H3. The highest BCUT2D eigenvalue weighted by molar-refractivity contribution is 6.33. The van der Waals surface area contributed by atoms with Crippen LogP contribution >= 0.6 is 11.6 Å². The second kappa shape index (κ2) is 5.93. The quantitative estimate of drug-likeness (QED) is 0.924. The van der Waals surface area contributed by atoms with Crippen molar-refractivity contribution < 1.29 is 9.47 Å². The smallest absolute Gasteiger partial charge is 0.162 e. The first-order valence-corrected chi connectivity index (χ1v) is 7.90. The first-order valence-electron chi connectivity index (χ1n) is 7.52. The lowest BCUT2D eigenvalue weighted by atomic mass is 9.97. The van der Waals surface area contributed by atoms with E-state index in [1.54, 1.807) is 14.2 Å². The average Bonchev–Trinajstić information content (AvgIpc) is 2.71. The van der Waals surface area contributed by atoms with Crippen LogP contribution in [0.25, 0.3) is 0 Å². The van der Waals surface area contributed by atoms with Crippen molar-refractivity contribution in [2.45, 2.75) is 43.8 Å². The fourth-order valence-electron chi connectivity index (χ4n) is 3.71. The number of hydrogen-bond acceptors (Lipinski definition) is 4. The number of methoxy groups -OCH3 is 2. The number of ether oxygens (including phenoxy) is 2. The summed E-state index contributed by atoms with van der Waals surface area (Å²) in [4.78, 5) is 2.54. The van der Waals surface area contributed by atoms with Gasteiger partial charge in [0.1, 0.15) is 0 Å². The predicted molar refractivity (Wildman–Crippen MR) is 85.8 cm³/mol. The first-order chi connectivity index (χ1) is 10.1. The fraction of sp³-hybridized carbons (Fsp3) is 0.625. The minimum Gasteiger partial charge on any atom is -0.493 e. The molecule has 0 radical (unpaired) electrons. The third-order valence-electron chi connectivity index (χ3n) is 4.93. The summed E-state index contributed by atoms with van der Waals surface area (Å²) >= 11 is 6.36. The molecular formula is C16H23ClN2O2. The van der Waals surface area contributed by atoms with E-state index < -0.39 is 0 Å². The Balaban J connectivity index is 1.76. The lowest BCUT2D eigenvalue weighted by Gasteiger charge is -2.37. The van der Waals surface area contributed by atoms with Gasteiger partial charge in [-0.1, -0.05) is 11.6 Å². The van der Waals surface area contributed by atoms with Gasteiger partial charge in [-0.2, -0.15) is 0 Å². The van der Waals surface area contributed by atoms with Crippen LogP contribution < -0.4 is 14.8 Å². The Morgan fingerprint density at radius 2 is 1.67 bits per heavy atom. The van der Waals surface area contributed by atoms with E-state index in [0.717, 1.165) is 5.69 Å². The summed E-state index contributed by atoms with van der Waals surface area (Å²) in [6.45, 7) is 0. The van der Waals surface area contributed by atoms with Crippen LogP contribution in [0.4, 0.5) is 5.69 Å². The topological polar surface area (TPSA) is 33.7 Å². The molecule has 1 aromatic carbocycles. The molecule has 0 spiro atoms. The number of fused-ring (bicyclic) bond motifs is 2. The highest BCUT2D eigenvalue weighted by Gasteiger charge is 2.38. The molecule has 2 aliphatic rings. The zero-order chi connectivity index (χ0) is 15.0. The van der Waals surface area contributed by atoms with Crippen molar-refractivity contribution in [1.29, 1.82) is 0 Å². The van der Waals surface area contributed by atoms with Crippen LogP contribution in [0.2, 0.25) is 5.02 Å². The Bertz CT molecular complexity index is 509. The Kier molecular flexibility index (Phi) is 4.18. The van der Waals surface area contributed by atoms with Crippen molar-refractivity contribution in [2.75, 3.05) is 26.6 Å². The average molecular weight is 311 g/mol. The molecule has 1 N–H and O–H groups in total. The van der Waals surface area contributed by atoms with E-state index in [0.29, 0.717) is 34.6 Å². The molecular weight excluding hydrogens is 288 g/mol. The van der Waals surface area contributed by atoms with Gasteiger partial charge in [0.25, 0.3) is 0 Å². The Hall–Kier alpha value is -1.13. The van der Waals surface area contributed by atoms with Gasteiger partial charge in [0.2, 0.25) is 0 Å². The summed E-state index contributed by atoms with van der Waals surface area (Å²) in [6, 6.07) is 5.64. The number of rotatable bonds is 4. The van der Waals surface area contributed by atoms with Gasteiger partial charge in [0, 0.05) is 30.3 Å². The van der Waals surface area contributed by atoms with Gasteiger partial charge in [0.15, 0.2) is 11.5 Å². The van der Waals surface area contributed by atoms with E-state index in [9.17, 15) is 0 Å². The summed E-state index contributed by atoms with van der Waals surface area (Å²) in [5, 5.41) is 4.28. The largest absolute Gasteiger partial charge is 0.493 e. The van der Waals surface area contributed by atoms with Crippen LogP contribution in [0.5, 0.6) is 11.5 Å². The summed E-state index contributed by atoms with van der Waals surface area (Å²) in [5.74, 6) is 1.37. The molecule has 2 fully saturated rings. The minimum absolute atomic E-state index is 0.481. The first kappa shape index (κ1) is 14.8. The van der Waals surface area contributed by atoms with E-state index in [1.165, 1.54) is 25.7 Å². The maximum atomic E-state index is 6.36. The maximum Gasteiger partial charge on any atom is 0.162 e. The molecule has 2 bridgehead atoms. The lowest BCUT2D eigenvalue weighted by molar-refractivity contribution is 0.169. The number of halogens is 1. The molecule has 0 amide bonds. The Morgan fingerprint density at radius 3 is 2.24 bits per heavy atom.